The van der Waals surface area contributed by atoms with Gasteiger partial charge in [0.2, 0.25) is 17.7 Å². The SMILES string of the molecule is CCCCN1C/C=C\CCC(=O)N[C@H](C)[C@@H](c2ccccc2)OC(=O)[C@@H]2[C@@H]3C=C[C@]4(O3)[C@H](C1=O)N([C@@H](CO)C(C)C)C(=O)[C@@H]24. The lowest BCUT2D eigenvalue weighted by Crippen LogP contribution is -2.59. The predicted molar refractivity (Wildman–Crippen MR) is 163 cm³/mol. The van der Waals surface area contributed by atoms with Crippen LogP contribution in [-0.4, -0.2) is 88.1 Å². The Morgan fingerprint density at radius 1 is 1.09 bits per heavy atom. The van der Waals surface area contributed by atoms with E-state index in [9.17, 15) is 24.3 Å². The van der Waals surface area contributed by atoms with Crippen molar-refractivity contribution in [2.24, 2.45) is 17.8 Å². The number of amides is 3. The van der Waals surface area contributed by atoms with E-state index >= 15 is 0 Å². The van der Waals surface area contributed by atoms with E-state index in [1.54, 1.807) is 24.0 Å². The molecule has 2 fully saturated rings. The lowest BCUT2D eigenvalue weighted by atomic mass is 9.74. The summed E-state index contributed by atoms with van der Waals surface area (Å²) in [4.78, 5) is 59.2. The summed E-state index contributed by atoms with van der Waals surface area (Å²) in [6.07, 6.45) is 8.10. The molecule has 1 aromatic rings. The number of allylic oxidation sites excluding steroid dienone is 1. The Kier molecular flexibility index (Phi) is 9.60. The van der Waals surface area contributed by atoms with Crippen molar-refractivity contribution in [2.45, 2.75) is 89.3 Å². The van der Waals surface area contributed by atoms with Crippen LogP contribution in [0.3, 0.4) is 0 Å². The van der Waals surface area contributed by atoms with Gasteiger partial charge in [0, 0.05) is 19.5 Å². The summed E-state index contributed by atoms with van der Waals surface area (Å²) in [5, 5.41) is 13.5. The highest BCUT2D eigenvalue weighted by Crippen LogP contribution is 2.56. The van der Waals surface area contributed by atoms with E-state index in [0.717, 1.165) is 12.8 Å². The normalized spacial score (nSPS) is 33.9. The van der Waals surface area contributed by atoms with Gasteiger partial charge in [0.25, 0.3) is 0 Å². The zero-order chi connectivity index (χ0) is 31.6. The predicted octanol–water partition coefficient (Wildman–Crippen LogP) is 2.92. The van der Waals surface area contributed by atoms with Crippen LogP contribution in [0.1, 0.15) is 65.0 Å². The van der Waals surface area contributed by atoms with E-state index in [-0.39, 0.29) is 30.8 Å². The summed E-state index contributed by atoms with van der Waals surface area (Å²) >= 11 is 0. The summed E-state index contributed by atoms with van der Waals surface area (Å²) in [5.41, 5.74) is -0.658. The number of ether oxygens (including phenoxy) is 2. The zero-order valence-corrected chi connectivity index (χ0v) is 26.1. The molecule has 1 spiro atoms. The molecule has 2 saturated heterocycles. The van der Waals surface area contributed by atoms with Crippen molar-refractivity contribution in [3.05, 3.63) is 60.2 Å². The third kappa shape index (κ3) is 5.70. The number of rotatable bonds is 7. The second-order valence-corrected chi connectivity index (χ2v) is 12.7. The fraction of sp³-hybridized carbons (Fsp3) is 0.588. The molecule has 5 bridgehead atoms. The van der Waals surface area contributed by atoms with Gasteiger partial charge in [0.15, 0.2) is 0 Å². The van der Waals surface area contributed by atoms with Gasteiger partial charge in [0.05, 0.1) is 30.7 Å². The number of hydrogen-bond acceptors (Lipinski definition) is 7. The molecule has 2 N–H and O–H groups in total. The van der Waals surface area contributed by atoms with Crippen molar-refractivity contribution in [2.75, 3.05) is 19.7 Å². The first-order chi connectivity index (χ1) is 21.1. The Morgan fingerprint density at radius 3 is 2.52 bits per heavy atom. The van der Waals surface area contributed by atoms with Crippen molar-refractivity contribution in [3.8, 4) is 0 Å². The summed E-state index contributed by atoms with van der Waals surface area (Å²) in [5.74, 6) is -3.62. The number of carbonyl (C=O) groups excluding carboxylic acids is 4. The van der Waals surface area contributed by atoms with Gasteiger partial charge < -0.3 is 29.7 Å². The lowest BCUT2D eigenvalue weighted by molar-refractivity contribution is -0.162. The first kappa shape index (κ1) is 31.9. The quantitative estimate of drug-likeness (QED) is 0.361. The second kappa shape index (κ2) is 13.2. The topological polar surface area (TPSA) is 125 Å². The third-order valence-electron chi connectivity index (χ3n) is 9.47. The van der Waals surface area contributed by atoms with Crippen LogP contribution in [0.25, 0.3) is 0 Å². The number of hydrogen-bond donors (Lipinski definition) is 2. The fourth-order valence-corrected chi connectivity index (χ4v) is 7.19. The van der Waals surface area contributed by atoms with E-state index < -0.39 is 59.6 Å². The van der Waals surface area contributed by atoms with Crippen LogP contribution in [0.2, 0.25) is 0 Å². The average molecular weight is 608 g/mol. The highest BCUT2D eigenvalue weighted by molar-refractivity contribution is 5.99. The summed E-state index contributed by atoms with van der Waals surface area (Å²) < 4.78 is 12.7. The number of nitrogens with one attached hydrogen (secondary N) is 1. The number of nitrogens with zero attached hydrogens (tertiary/aromatic N) is 2. The van der Waals surface area contributed by atoms with Crippen LogP contribution in [0, 0.1) is 17.8 Å². The summed E-state index contributed by atoms with van der Waals surface area (Å²) in [6.45, 7) is 8.08. The highest BCUT2D eigenvalue weighted by Gasteiger charge is 2.74. The van der Waals surface area contributed by atoms with Gasteiger partial charge in [-0.3, -0.25) is 19.2 Å². The van der Waals surface area contributed by atoms with Crippen molar-refractivity contribution in [1.29, 1.82) is 0 Å². The van der Waals surface area contributed by atoms with Crippen LogP contribution in [-0.2, 0) is 28.7 Å². The Labute approximate surface area is 259 Å². The molecule has 0 aliphatic carbocycles. The number of aliphatic hydroxyl groups is 1. The van der Waals surface area contributed by atoms with Crippen LogP contribution in [0.15, 0.2) is 54.6 Å². The maximum Gasteiger partial charge on any atom is 0.313 e. The molecule has 10 heteroatoms. The number of esters is 1. The van der Waals surface area contributed by atoms with E-state index in [1.165, 1.54) is 4.90 Å². The molecular weight excluding hydrogens is 562 g/mol. The van der Waals surface area contributed by atoms with Crippen molar-refractivity contribution >= 4 is 23.7 Å². The number of benzene rings is 1. The monoisotopic (exact) mass is 607 g/mol. The third-order valence-corrected chi connectivity index (χ3v) is 9.47. The number of fused-ring (bicyclic) bond motifs is 2. The molecule has 3 amide bonds. The van der Waals surface area contributed by atoms with Gasteiger partial charge in [-0.25, -0.2) is 0 Å². The van der Waals surface area contributed by atoms with Crippen molar-refractivity contribution < 1.29 is 33.8 Å². The molecule has 10 nitrogen and oxygen atoms in total. The standard InChI is InChI=1S/C34H45N3O7/c1-5-6-18-36-19-12-8-11-15-26(39)35-22(4)29(23-13-9-7-10-14-23)43-33(42)27-25-16-17-34(44-25)28(27)31(40)37(30(34)32(36)41)24(20-38)21(2)3/h7-10,12-14,16-17,21-22,24-25,27-30,38H,5-6,11,15,18-20H2,1-4H3,(H,35,39)/b12-8-/t22-,24+,25+,27-,28-,29+,30+,34-/m1/s1. The van der Waals surface area contributed by atoms with Gasteiger partial charge in [-0.1, -0.05) is 81.8 Å². The maximum atomic E-state index is 14.6. The Morgan fingerprint density at radius 2 is 1.84 bits per heavy atom. The van der Waals surface area contributed by atoms with E-state index in [4.69, 9.17) is 9.47 Å². The second-order valence-electron chi connectivity index (χ2n) is 12.7. The zero-order valence-electron chi connectivity index (χ0n) is 26.1. The van der Waals surface area contributed by atoms with E-state index in [0.29, 0.717) is 25.1 Å². The lowest BCUT2D eigenvalue weighted by Gasteiger charge is -2.40. The number of cyclic esters (lactones) is 1. The average Bonchev–Trinajstić information content (AvgIpc) is 3.64. The number of carbonyl (C=O) groups is 4. The van der Waals surface area contributed by atoms with E-state index in [1.807, 2.05) is 63.3 Å². The first-order valence-corrected chi connectivity index (χ1v) is 15.9. The molecule has 1 aromatic carbocycles. The minimum atomic E-state index is -1.37. The fourth-order valence-electron chi connectivity index (χ4n) is 7.19. The molecule has 8 atom stereocenters. The Bertz CT molecular complexity index is 1300. The van der Waals surface area contributed by atoms with Crippen LogP contribution < -0.4 is 5.32 Å². The minimum Gasteiger partial charge on any atom is -0.455 e. The van der Waals surface area contributed by atoms with Crippen LogP contribution in [0.4, 0.5) is 0 Å². The summed E-state index contributed by atoms with van der Waals surface area (Å²) in [7, 11) is 0. The number of unbranched alkanes of at least 4 members (excludes halogenated alkanes) is 1. The molecule has 44 heavy (non-hydrogen) atoms. The van der Waals surface area contributed by atoms with Crippen LogP contribution >= 0.6 is 0 Å². The Hall–Kier alpha value is -3.50. The number of likely N-dealkylation sites (tertiary alicyclic amines) is 1. The van der Waals surface area contributed by atoms with E-state index in [2.05, 4.69) is 5.32 Å². The number of aliphatic hydroxyl groups excluding tert-OH is 1. The molecule has 238 valence electrons. The highest BCUT2D eigenvalue weighted by atomic mass is 16.6. The van der Waals surface area contributed by atoms with Crippen molar-refractivity contribution in [1.82, 2.24) is 15.1 Å². The van der Waals surface area contributed by atoms with Gasteiger partial charge in [-0.2, -0.15) is 0 Å². The maximum absolute atomic E-state index is 14.6. The van der Waals surface area contributed by atoms with Gasteiger partial charge in [0.1, 0.15) is 23.7 Å². The molecule has 4 aliphatic heterocycles. The van der Waals surface area contributed by atoms with Gasteiger partial charge in [-0.05, 0) is 31.2 Å². The molecule has 5 rings (SSSR count). The van der Waals surface area contributed by atoms with Crippen LogP contribution in [0.5, 0.6) is 0 Å². The van der Waals surface area contributed by atoms with Gasteiger partial charge >= 0.3 is 5.97 Å². The largest absolute Gasteiger partial charge is 0.455 e. The minimum absolute atomic E-state index is 0.158. The molecule has 4 aliphatic rings. The molecule has 0 saturated carbocycles. The molecule has 0 radical (unpaired) electrons. The van der Waals surface area contributed by atoms with Crippen molar-refractivity contribution in [3.63, 3.8) is 0 Å². The molecule has 0 aromatic heterocycles. The molecular formula is C34H45N3O7. The molecule has 0 unspecified atom stereocenters. The Balaban J connectivity index is 1.60. The first-order valence-electron chi connectivity index (χ1n) is 15.9. The summed E-state index contributed by atoms with van der Waals surface area (Å²) in [6, 6.07) is 6.95. The molecule has 4 heterocycles. The smallest absolute Gasteiger partial charge is 0.313 e. The van der Waals surface area contributed by atoms with Gasteiger partial charge in [-0.15, -0.1) is 0 Å².